The Kier molecular flexibility index (Phi) is 6.24. The number of piperidine rings is 2. The van der Waals surface area contributed by atoms with Gasteiger partial charge in [-0.15, -0.1) is 0 Å². The molecule has 2 aliphatic rings. The van der Waals surface area contributed by atoms with E-state index in [2.05, 4.69) is 6.92 Å². The van der Waals surface area contributed by atoms with Crippen LogP contribution < -0.4 is 0 Å². The van der Waals surface area contributed by atoms with Gasteiger partial charge in [-0.05, 0) is 32.6 Å². The van der Waals surface area contributed by atoms with E-state index in [1.807, 2.05) is 16.7 Å². The Balaban J connectivity index is 1.96. The average Bonchev–Trinajstić information content (AvgIpc) is 2.54. The molecule has 0 bridgehead atoms. The minimum atomic E-state index is 0.0953. The van der Waals surface area contributed by atoms with Crippen molar-refractivity contribution in [3.8, 4) is 0 Å². The monoisotopic (exact) mass is 310 g/mol. The molecule has 2 fully saturated rings. The highest BCUT2D eigenvalue weighted by Gasteiger charge is 2.42. The van der Waals surface area contributed by atoms with E-state index in [1.54, 1.807) is 0 Å². The molecule has 0 aromatic heterocycles. The molecule has 2 amide bonds. The topological polar surface area (TPSA) is 49.9 Å². The van der Waals surface area contributed by atoms with Crippen molar-refractivity contribution in [1.29, 1.82) is 0 Å². The lowest BCUT2D eigenvalue weighted by Gasteiger charge is -2.48. The number of unbranched alkanes of at least 4 members (excludes halogenated alkanes) is 1. The first-order valence-electron chi connectivity index (χ1n) is 8.73. The van der Waals surface area contributed by atoms with E-state index in [9.17, 15) is 9.59 Å². The molecule has 0 N–H and O–H groups in total. The first-order valence-corrected chi connectivity index (χ1v) is 8.73. The number of ether oxygens (including phenoxy) is 1. The van der Waals surface area contributed by atoms with E-state index in [0.29, 0.717) is 13.0 Å². The number of hydrogen-bond donors (Lipinski definition) is 0. The number of carbonyl (C=O) groups is 2. The second kappa shape index (κ2) is 7.95. The van der Waals surface area contributed by atoms with Crippen molar-refractivity contribution in [3.63, 3.8) is 0 Å². The zero-order chi connectivity index (χ0) is 16.0. The third-order valence-electron chi connectivity index (χ3n) is 4.97. The van der Waals surface area contributed by atoms with Gasteiger partial charge in [0.15, 0.2) is 0 Å². The molecule has 5 heteroatoms. The highest BCUT2D eigenvalue weighted by atomic mass is 16.5. The molecule has 5 nitrogen and oxygen atoms in total. The van der Waals surface area contributed by atoms with Gasteiger partial charge in [-0.2, -0.15) is 0 Å². The zero-order valence-electron chi connectivity index (χ0n) is 14.1. The van der Waals surface area contributed by atoms with E-state index < -0.39 is 0 Å². The highest BCUT2D eigenvalue weighted by Crippen LogP contribution is 2.39. The summed E-state index contributed by atoms with van der Waals surface area (Å²) in [4.78, 5) is 28.3. The van der Waals surface area contributed by atoms with Crippen LogP contribution in [-0.4, -0.2) is 61.0 Å². The summed E-state index contributed by atoms with van der Waals surface area (Å²) in [5.41, 5.74) is 0.113. The Hall–Kier alpha value is -1.10. The van der Waals surface area contributed by atoms with Gasteiger partial charge >= 0.3 is 0 Å². The lowest BCUT2D eigenvalue weighted by molar-refractivity contribution is -0.145. The Morgan fingerprint density at radius 1 is 1.27 bits per heavy atom. The van der Waals surface area contributed by atoms with Crippen LogP contribution in [0.3, 0.4) is 0 Å². The summed E-state index contributed by atoms with van der Waals surface area (Å²) in [6.45, 7) is 8.12. The van der Waals surface area contributed by atoms with Crippen molar-refractivity contribution in [1.82, 2.24) is 9.80 Å². The molecule has 0 aromatic rings. The Labute approximate surface area is 134 Å². The largest absolute Gasteiger partial charge is 0.372 e. The van der Waals surface area contributed by atoms with Gasteiger partial charge in [0.25, 0.3) is 0 Å². The summed E-state index contributed by atoms with van der Waals surface area (Å²) in [6.07, 6.45) is 5.89. The first kappa shape index (κ1) is 17.3. The minimum Gasteiger partial charge on any atom is -0.372 e. The van der Waals surface area contributed by atoms with Crippen LogP contribution in [0.4, 0.5) is 0 Å². The minimum absolute atomic E-state index is 0.0953. The van der Waals surface area contributed by atoms with E-state index in [1.165, 1.54) is 0 Å². The maximum absolute atomic E-state index is 12.2. The van der Waals surface area contributed by atoms with E-state index in [0.717, 1.165) is 58.3 Å². The van der Waals surface area contributed by atoms with Crippen LogP contribution in [-0.2, 0) is 14.3 Å². The van der Waals surface area contributed by atoms with Crippen LogP contribution in [0.15, 0.2) is 0 Å². The SMILES string of the molecule is CCCCN1C[C@@]2(CCCN(C(=O)COCC)C2)CCC1=O. The second-order valence-electron chi connectivity index (χ2n) is 6.72. The van der Waals surface area contributed by atoms with Crippen LogP contribution in [0.1, 0.15) is 52.4 Å². The fraction of sp³-hybridized carbons (Fsp3) is 0.882. The van der Waals surface area contributed by atoms with Crippen molar-refractivity contribution in [2.24, 2.45) is 5.41 Å². The van der Waals surface area contributed by atoms with Gasteiger partial charge in [-0.3, -0.25) is 9.59 Å². The van der Waals surface area contributed by atoms with Gasteiger partial charge < -0.3 is 14.5 Å². The number of carbonyl (C=O) groups excluding carboxylic acids is 2. The quantitative estimate of drug-likeness (QED) is 0.754. The number of nitrogens with zero attached hydrogens (tertiary/aromatic N) is 2. The molecule has 0 saturated carbocycles. The summed E-state index contributed by atoms with van der Waals surface area (Å²) in [7, 11) is 0. The molecule has 0 unspecified atom stereocenters. The smallest absolute Gasteiger partial charge is 0.248 e. The predicted octanol–water partition coefficient (Wildman–Crippen LogP) is 2.05. The third-order valence-corrected chi connectivity index (χ3v) is 4.97. The van der Waals surface area contributed by atoms with Crippen LogP contribution in [0.5, 0.6) is 0 Å². The van der Waals surface area contributed by atoms with E-state index in [-0.39, 0.29) is 23.8 Å². The molecular weight excluding hydrogens is 280 g/mol. The van der Waals surface area contributed by atoms with Crippen LogP contribution >= 0.6 is 0 Å². The summed E-state index contributed by atoms with van der Waals surface area (Å²) >= 11 is 0. The van der Waals surface area contributed by atoms with Crippen molar-refractivity contribution in [2.75, 3.05) is 39.4 Å². The Bertz CT molecular complexity index is 399. The molecule has 2 rings (SSSR count). The van der Waals surface area contributed by atoms with Gasteiger partial charge in [0.05, 0.1) is 0 Å². The second-order valence-corrected chi connectivity index (χ2v) is 6.72. The van der Waals surface area contributed by atoms with Crippen LogP contribution in [0, 0.1) is 5.41 Å². The molecule has 0 aliphatic carbocycles. The fourth-order valence-electron chi connectivity index (χ4n) is 3.69. The Morgan fingerprint density at radius 2 is 2.09 bits per heavy atom. The molecule has 2 aliphatic heterocycles. The van der Waals surface area contributed by atoms with Gasteiger partial charge in [0, 0.05) is 44.6 Å². The highest BCUT2D eigenvalue weighted by molar-refractivity contribution is 5.78. The van der Waals surface area contributed by atoms with Crippen molar-refractivity contribution in [3.05, 3.63) is 0 Å². The predicted molar refractivity (Wildman–Crippen MR) is 85.5 cm³/mol. The van der Waals surface area contributed by atoms with Gasteiger partial charge in [0.2, 0.25) is 11.8 Å². The summed E-state index contributed by atoms with van der Waals surface area (Å²) < 4.78 is 5.26. The number of likely N-dealkylation sites (tertiary alicyclic amines) is 2. The first-order chi connectivity index (χ1) is 10.6. The standard InChI is InChI=1S/C17H30N2O3/c1-3-5-10-18-13-17(9-7-15(18)20)8-6-11-19(14-17)16(21)12-22-4-2/h3-14H2,1-2H3/t17-/m1/s1. The lowest BCUT2D eigenvalue weighted by Crippen LogP contribution is -2.55. The molecule has 0 radical (unpaired) electrons. The van der Waals surface area contributed by atoms with Gasteiger partial charge in [-0.25, -0.2) is 0 Å². The maximum Gasteiger partial charge on any atom is 0.248 e. The summed E-state index contributed by atoms with van der Waals surface area (Å²) in [6, 6.07) is 0. The van der Waals surface area contributed by atoms with Crippen molar-refractivity contribution < 1.29 is 14.3 Å². The van der Waals surface area contributed by atoms with Gasteiger partial charge in [0.1, 0.15) is 6.61 Å². The van der Waals surface area contributed by atoms with E-state index >= 15 is 0 Å². The van der Waals surface area contributed by atoms with Crippen molar-refractivity contribution >= 4 is 11.8 Å². The molecule has 1 spiro atoms. The normalized spacial score (nSPS) is 25.8. The summed E-state index contributed by atoms with van der Waals surface area (Å²) in [5.74, 6) is 0.384. The van der Waals surface area contributed by atoms with Gasteiger partial charge in [-0.1, -0.05) is 13.3 Å². The third kappa shape index (κ3) is 4.22. The van der Waals surface area contributed by atoms with Crippen LogP contribution in [0.2, 0.25) is 0 Å². The fourth-order valence-corrected chi connectivity index (χ4v) is 3.69. The van der Waals surface area contributed by atoms with E-state index in [4.69, 9.17) is 4.74 Å². The molecule has 126 valence electrons. The number of hydrogen-bond acceptors (Lipinski definition) is 3. The lowest BCUT2D eigenvalue weighted by atomic mass is 9.73. The molecule has 1 atom stereocenters. The Morgan fingerprint density at radius 3 is 2.82 bits per heavy atom. The molecular formula is C17H30N2O3. The van der Waals surface area contributed by atoms with Crippen LogP contribution in [0.25, 0.3) is 0 Å². The molecule has 2 heterocycles. The maximum atomic E-state index is 12.2. The number of amides is 2. The molecule has 2 saturated heterocycles. The molecule has 22 heavy (non-hydrogen) atoms. The van der Waals surface area contributed by atoms with Crippen molar-refractivity contribution in [2.45, 2.75) is 52.4 Å². The zero-order valence-corrected chi connectivity index (χ0v) is 14.1. The average molecular weight is 310 g/mol. The molecule has 0 aromatic carbocycles. The number of rotatable bonds is 6. The summed E-state index contributed by atoms with van der Waals surface area (Å²) in [5, 5.41) is 0.